The first-order chi connectivity index (χ1) is 9.58. The van der Waals surface area contributed by atoms with Crippen LogP contribution >= 0.6 is 11.3 Å². The lowest BCUT2D eigenvalue weighted by molar-refractivity contribution is -0.123. The highest BCUT2D eigenvalue weighted by Gasteiger charge is 2.08. The minimum atomic E-state index is 0.0397. The molecule has 2 aromatic rings. The van der Waals surface area contributed by atoms with Crippen molar-refractivity contribution in [3.63, 3.8) is 0 Å². The number of fused-ring (bicyclic) bond motifs is 1. The molecule has 0 aliphatic heterocycles. The van der Waals surface area contributed by atoms with Gasteiger partial charge in [0.25, 0.3) is 0 Å². The molecule has 4 nitrogen and oxygen atoms in total. The third-order valence-corrected chi connectivity index (χ3v) is 4.08. The normalized spacial score (nSPS) is 12.8. The highest BCUT2D eigenvalue weighted by Crippen LogP contribution is 2.22. The Kier molecular flexibility index (Phi) is 5.09. The maximum absolute atomic E-state index is 11.4. The summed E-state index contributed by atoms with van der Waals surface area (Å²) in [5.74, 6) is 0.138. The van der Waals surface area contributed by atoms with E-state index in [0.29, 0.717) is 6.54 Å². The van der Waals surface area contributed by atoms with Crippen molar-refractivity contribution in [2.45, 2.75) is 26.8 Å². The van der Waals surface area contributed by atoms with Gasteiger partial charge >= 0.3 is 0 Å². The number of hydrogen-bond acceptors (Lipinski definition) is 4. The summed E-state index contributed by atoms with van der Waals surface area (Å²) in [5, 5.41) is 8.36. The van der Waals surface area contributed by atoms with E-state index in [1.54, 1.807) is 11.3 Å². The van der Waals surface area contributed by atoms with Gasteiger partial charge in [0.15, 0.2) is 0 Å². The maximum atomic E-state index is 11.4. The Morgan fingerprint density at radius 2 is 2.15 bits per heavy atom. The van der Waals surface area contributed by atoms with Crippen LogP contribution in [0.1, 0.15) is 32.4 Å². The van der Waals surface area contributed by atoms with E-state index in [-0.39, 0.29) is 17.9 Å². The summed E-state index contributed by atoms with van der Waals surface area (Å²) >= 11 is 1.71. The lowest BCUT2D eigenvalue weighted by Gasteiger charge is -2.15. The topological polar surface area (TPSA) is 54.0 Å². The van der Waals surface area contributed by atoms with Crippen molar-refractivity contribution in [2.75, 3.05) is 13.1 Å². The molecule has 2 heterocycles. The molecule has 108 valence electrons. The molecule has 0 aliphatic carbocycles. The predicted molar refractivity (Wildman–Crippen MR) is 83.9 cm³/mol. The molecule has 20 heavy (non-hydrogen) atoms. The lowest BCUT2D eigenvalue weighted by Crippen LogP contribution is -2.35. The number of thiophene rings is 1. The van der Waals surface area contributed by atoms with Crippen LogP contribution in [0.5, 0.6) is 0 Å². The van der Waals surface area contributed by atoms with E-state index < -0.39 is 0 Å². The van der Waals surface area contributed by atoms with Gasteiger partial charge in [0, 0.05) is 31.2 Å². The van der Waals surface area contributed by atoms with E-state index in [2.05, 4.69) is 34.0 Å². The second-order valence-corrected chi connectivity index (χ2v) is 6.14. The number of carbonyl (C=O) groups excluding carboxylic acids is 1. The van der Waals surface area contributed by atoms with Crippen LogP contribution in [0, 0.1) is 5.92 Å². The van der Waals surface area contributed by atoms with Crippen molar-refractivity contribution < 1.29 is 4.79 Å². The van der Waals surface area contributed by atoms with Gasteiger partial charge in [0.05, 0.1) is 10.2 Å². The Morgan fingerprint density at radius 3 is 2.90 bits per heavy atom. The molecule has 0 saturated carbocycles. The van der Waals surface area contributed by atoms with E-state index in [1.807, 2.05) is 26.1 Å². The van der Waals surface area contributed by atoms with Crippen molar-refractivity contribution >= 4 is 27.5 Å². The minimum absolute atomic E-state index is 0.0397. The molecule has 0 saturated heterocycles. The quantitative estimate of drug-likeness (QED) is 0.805. The largest absolute Gasteiger partial charge is 0.355 e. The van der Waals surface area contributed by atoms with Gasteiger partial charge in [-0.2, -0.15) is 0 Å². The molecule has 2 N–H and O–H groups in total. The number of aromatic nitrogens is 1. The third kappa shape index (κ3) is 3.77. The van der Waals surface area contributed by atoms with Gasteiger partial charge in [-0.1, -0.05) is 13.8 Å². The molecule has 1 amide bonds. The van der Waals surface area contributed by atoms with E-state index in [9.17, 15) is 4.79 Å². The third-order valence-electron chi connectivity index (χ3n) is 3.22. The van der Waals surface area contributed by atoms with Crippen molar-refractivity contribution in [1.29, 1.82) is 0 Å². The average molecular weight is 291 g/mol. The molecule has 0 spiro atoms. The zero-order valence-electron chi connectivity index (χ0n) is 12.1. The van der Waals surface area contributed by atoms with Gasteiger partial charge < -0.3 is 10.6 Å². The second-order valence-electron chi connectivity index (χ2n) is 5.19. The van der Waals surface area contributed by atoms with E-state index in [1.165, 1.54) is 10.3 Å². The van der Waals surface area contributed by atoms with Crippen LogP contribution in [-0.2, 0) is 4.79 Å². The number of hydrogen-bond donors (Lipinski definition) is 2. The zero-order chi connectivity index (χ0) is 14.5. The van der Waals surface area contributed by atoms with Gasteiger partial charge in [-0.25, -0.2) is 0 Å². The Bertz CT molecular complexity index is 579. The number of nitrogens with one attached hydrogen (secondary N) is 2. The van der Waals surface area contributed by atoms with Gasteiger partial charge in [-0.05, 0) is 30.0 Å². The minimum Gasteiger partial charge on any atom is -0.355 e. The zero-order valence-corrected chi connectivity index (χ0v) is 13.0. The summed E-state index contributed by atoms with van der Waals surface area (Å²) in [6.45, 7) is 7.31. The SMILES string of the molecule is CC(C)C(=O)NCCNC(C)c1cnc2ccsc2c1. The van der Waals surface area contributed by atoms with Crippen molar-refractivity contribution in [1.82, 2.24) is 15.6 Å². The van der Waals surface area contributed by atoms with Gasteiger partial charge in [0.2, 0.25) is 5.91 Å². The summed E-state index contributed by atoms with van der Waals surface area (Å²) in [6.07, 6.45) is 1.92. The molecule has 1 unspecified atom stereocenters. The standard InChI is InChI=1S/C15H21N3OS/c1-10(2)15(19)17-6-5-16-11(3)12-8-14-13(18-9-12)4-7-20-14/h4,7-11,16H,5-6H2,1-3H3,(H,17,19). The van der Waals surface area contributed by atoms with E-state index in [4.69, 9.17) is 0 Å². The molecule has 0 radical (unpaired) electrons. The average Bonchev–Trinajstić information content (AvgIpc) is 2.90. The fourth-order valence-corrected chi connectivity index (χ4v) is 2.68. The summed E-state index contributed by atoms with van der Waals surface area (Å²) in [4.78, 5) is 15.9. The number of rotatable bonds is 6. The number of amides is 1. The molecule has 0 bridgehead atoms. The summed E-state index contributed by atoms with van der Waals surface area (Å²) in [6, 6.07) is 4.44. The van der Waals surface area contributed by atoms with Crippen LogP contribution in [0.4, 0.5) is 0 Å². The van der Waals surface area contributed by atoms with Crippen LogP contribution < -0.4 is 10.6 Å². The molecule has 1 atom stereocenters. The van der Waals surface area contributed by atoms with Crippen LogP contribution in [0.3, 0.4) is 0 Å². The first kappa shape index (κ1) is 14.9. The van der Waals surface area contributed by atoms with Crippen LogP contribution in [0.2, 0.25) is 0 Å². The number of carbonyl (C=O) groups is 1. The lowest BCUT2D eigenvalue weighted by atomic mass is 10.1. The van der Waals surface area contributed by atoms with Crippen molar-refractivity contribution in [2.24, 2.45) is 5.92 Å². The Hall–Kier alpha value is -1.46. The molecule has 0 aliphatic rings. The molecule has 0 aromatic carbocycles. The Morgan fingerprint density at radius 1 is 1.35 bits per heavy atom. The Labute approximate surface area is 123 Å². The molecule has 2 rings (SSSR count). The first-order valence-corrected chi connectivity index (χ1v) is 7.80. The number of pyridine rings is 1. The molecule has 2 aromatic heterocycles. The summed E-state index contributed by atoms with van der Waals surface area (Å²) in [5.41, 5.74) is 2.23. The smallest absolute Gasteiger partial charge is 0.222 e. The van der Waals surface area contributed by atoms with Crippen LogP contribution in [0.15, 0.2) is 23.7 Å². The summed E-state index contributed by atoms with van der Waals surface area (Å²) in [7, 11) is 0. The fraction of sp³-hybridized carbons (Fsp3) is 0.467. The molecule has 0 fully saturated rings. The van der Waals surface area contributed by atoms with E-state index >= 15 is 0 Å². The van der Waals surface area contributed by atoms with Gasteiger partial charge in [-0.3, -0.25) is 9.78 Å². The predicted octanol–water partition coefficient (Wildman–Crippen LogP) is 2.72. The van der Waals surface area contributed by atoms with Gasteiger partial charge in [-0.15, -0.1) is 11.3 Å². The number of nitrogens with zero attached hydrogens (tertiary/aromatic N) is 1. The Balaban J connectivity index is 1.82. The monoisotopic (exact) mass is 291 g/mol. The molecular weight excluding hydrogens is 270 g/mol. The maximum Gasteiger partial charge on any atom is 0.222 e. The molecular formula is C15H21N3OS. The summed E-state index contributed by atoms with van der Waals surface area (Å²) < 4.78 is 1.21. The highest BCUT2D eigenvalue weighted by molar-refractivity contribution is 7.17. The fourth-order valence-electron chi connectivity index (χ4n) is 1.89. The van der Waals surface area contributed by atoms with Crippen LogP contribution in [0.25, 0.3) is 10.2 Å². The van der Waals surface area contributed by atoms with Gasteiger partial charge in [0.1, 0.15) is 0 Å². The molecule has 5 heteroatoms. The van der Waals surface area contributed by atoms with E-state index in [0.717, 1.165) is 12.1 Å². The first-order valence-electron chi connectivity index (χ1n) is 6.92. The van der Waals surface area contributed by atoms with Crippen molar-refractivity contribution in [3.8, 4) is 0 Å². The second kappa shape index (κ2) is 6.81. The van der Waals surface area contributed by atoms with Crippen LogP contribution in [-0.4, -0.2) is 24.0 Å². The highest BCUT2D eigenvalue weighted by atomic mass is 32.1. The van der Waals surface area contributed by atoms with Crippen molar-refractivity contribution in [3.05, 3.63) is 29.3 Å².